The maximum absolute atomic E-state index is 12.8. The van der Waals surface area contributed by atoms with Crippen LogP contribution in [0.1, 0.15) is 265 Å². The number of carbonyl (C=O) groups excluding carboxylic acids is 3. The molecule has 384 valence electrons. The van der Waals surface area contributed by atoms with Crippen molar-refractivity contribution in [2.75, 3.05) is 13.2 Å². The standard InChI is InChI=1S/C61H104O6/c1-4-7-10-13-16-19-22-25-28-29-30-31-34-36-39-42-45-48-51-54-60(63)66-57-58(67-61(64)55-52-49-46-43-40-37-33-27-24-21-18-15-12-9-6-3)56-65-59(62)53-50-47-44-41-38-35-32-26-23-20-17-14-11-8-5-2/h16-21,25-28,32-33,40,43,58H,4-15,22-24,29-31,34-39,41-42,44-57H2,1-3H3/b19-16-,20-17-,21-18-,28-25-,32-26-,33-27-,43-40-/t58-/m1/s1. The molecule has 0 N–H and O–H groups in total. The summed E-state index contributed by atoms with van der Waals surface area (Å²) in [5.41, 5.74) is 0. The summed E-state index contributed by atoms with van der Waals surface area (Å²) in [7, 11) is 0. The molecule has 0 saturated heterocycles. The summed E-state index contributed by atoms with van der Waals surface area (Å²) in [5.74, 6) is -0.952. The van der Waals surface area contributed by atoms with E-state index in [0.717, 1.165) is 96.3 Å². The van der Waals surface area contributed by atoms with Crippen LogP contribution in [0.25, 0.3) is 0 Å². The summed E-state index contributed by atoms with van der Waals surface area (Å²) in [6.07, 6.45) is 71.4. The lowest BCUT2D eigenvalue weighted by atomic mass is 10.1. The topological polar surface area (TPSA) is 78.9 Å². The van der Waals surface area contributed by atoms with Crippen molar-refractivity contribution >= 4 is 17.9 Å². The van der Waals surface area contributed by atoms with Crippen LogP contribution in [-0.2, 0) is 28.6 Å². The number of unbranched alkanes of at least 4 members (excludes halogenated alkanes) is 25. The summed E-state index contributed by atoms with van der Waals surface area (Å²) < 4.78 is 16.8. The molecule has 0 unspecified atom stereocenters. The molecule has 0 aromatic heterocycles. The Hall–Kier alpha value is -3.41. The van der Waals surface area contributed by atoms with Crippen LogP contribution in [0.4, 0.5) is 0 Å². The zero-order valence-corrected chi connectivity index (χ0v) is 43.9. The summed E-state index contributed by atoms with van der Waals surface area (Å²) >= 11 is 0. The van der Waals surface area contributed by atoms with Gasteiger partial charge in [-0.2, -0.15) is 0 Å². The molecule has 6 heteroatoms. The van der Waals surface area contributed by atoms with Gasteiger partial charge in [-0.25, -0.2) is 0 Å². The molecule has 0 fully saturated rings. The number of hydrogen-bond donors (Lipinski definition) is 0. The molecule has 0 amide bonds. The fraction of sp³-hybridized carbons (Fsp3) is 0.721. The maximum Gasteiger partial charge on any atom is 0.306 e. The highest BCUT2D eigenvalue weighted by Crippen LogP contribution is 2.14. The minimum atomic E-state index is -0.804. The Morgan fingerprint density at radius 3 is 0.866 bits per heavy atom. The molecule has 67 heavy (non-hydrogen) atoms. The normalized spacial score (nSPS) is 12.7. The molecular formula is C61H104O6. The fourth-order valence-corrected chi connectivity index (χ4v) is 7.57. The van der Waals surface area contributed by atoms with E-state index in [1.54, 1.807) is 0 Å². The van der Waals surface area contributed by atoms with Gasteiger partial charge in [0, 0.05) is 19.3 Å². The molecule has 0 saturated carbocycles. The number of rotatable bonds is 50. The van der Waals surface area contributed by atoms with Crippen LogP contribution in [0, 0.1) is 0 Å². The quantitative estimate of drug-likeness (QED) is 0.0262. The third kappa shape index (κ3) is 53.4. The van der Waals surface area contributed by atoms with E-state index in [9.17, 15) is 14.4 Å². The van der Waals surface area contributed by atoms with Crippen molar-refractivity contribution < 1.29 is 28.6 Å². The van der Waals surface area contributed by atoms with E-state index >= 15 is 0 Å². The number of carbonyl (C=O) groups is 3. The lowest BCUT2D eigenvalue weighted by molar-refractivity contribution is -0.167. The first-order valence-corrected chi connectivity index (χ1v) is 28.1. The van der Waals surface area contributed by atoms with Crippen molar-refractivity contribution in [3.63, 3.8) is 0 Å². The summed E-state index contributed by atoms with van der Waals surface area (Å²) in [6.45, 7) is 6.52. The Morgan fingerprint density at radius 1 is 0.299 bits per heavy atom. The zero-order valence-electron chi connectivity index (χ0n) is 43.9. The van der Waals surface area contributed by atoms with Gasteiger partial charge in [-0.15, -0.1) is 0 Å². The van der Waals surface area contributed by atoms with E-state index in [1.807, 2.05) is 0 Å². The third-order valence-corrected chi connectivity index (χ3v) is 11.8. The smallest absolute Gasteiger partial charge is 0.306 e. The Balaban J connectivity index is 4.45. The van der Waals surface area contributed by atoms with E-state index in [1.165, 1.54) is 122 Å². The van der Waals surface area contributed by atoms with Crippen molar-refractivity contribution in [2.45, 2.75) is 271 Å². The maximum atomic E-state index is 12.8. The van der Waals surface area contributed by atoms with E-state index in [-0.39, 0.29) is 37.5 Å². The summed E-state index contributed by atoms with van der Waals surface area (Å²) in [6, 6.07) is 0. The summed E-state index contributed by atoms with van der Waals surface area (Å²) in [4.78, 5) is 38.1. The van der Waals surface area contributed by atoms with Crippen LogP contribution in [-0.4, -0.2) is 37.2 Å². The zero-order chi connectivity index (χ0) is 48.6. The van der Waals surface area contributed by atoms with Crippen LogP contribution in [0.3, 0.4) is 0 Å². The van der Waals surface area contributed by atoms with Gasteiger partial charge in [0.2, 0.25) is 0 Å². The van der Waals surface area contributed by atoms with Gasteiger partial charge in [0.1, 0.15) is 13.2 Å². The van der Waals surface area contributed by atoms with Gasteiger partial charge in [-0.05, 0) is 122 Å². The van der Waals surface area contributed by atoms with E-state index in [4.69, 9.17) is 14.2 Å². The molecule has 0 rings (SSSR count). The lowest BCUT2D eigenvalue weighted by Gasteiger charge is -2.18. The lowest BCUT2D eigenvalue weighted by Crippen LogP contribution is -2.30. The van der Waals surface area contributed by atoms with Crippen molar-refractivity contribution in [3.05, 3.63) is 85.1 Å². The van der Waals surface area contributed by atoms with Crippen LogP contribution < -0.4 is 0 Å². The van der Waals surface area contributed by atoms with Gasteiger partial charge in [-0.3, -0.25) is 14.4 Å². The van der Waals surface area contributed by atoms with Gasteiger partial charge in [-0.1, -0.05) is 209 Å². The number of hydrogen-bond acceptors (Lipinski definition) is 6. The first kappa shape index (κ1) is 63.6. The first-order valence-electron chi connectivity index (χ1n) is 28.1. The average Bonchev–Trinajstić information content (AvgIpc) is 3.33. The first-order chi connectivity index (χ1) is 33.0. The van der Waals surface area contributed by atoms with E-state index in [2.05, 4.69) is 106 Å². The van der Waals surface area contributed by atoms with Crippen LogP contribution in [0.5, 0.6) is 0 Å². The molecule has 0 aliphatic carbocycles. The fourth-order valence-electron chi connectivity index (χ4n) is 7.57. The van der Waals surface area contributed by atoms with Crippen LogP contribution in [0.2, 0.25) is 0 Å². The molecule has 0 radical (unpaired) electrons. The van der Waals surface area contributed by atoms with Gasteiger partial charge in [0.25, 0.3) is 0 Å². The molecule has 0 spiro atoms. The highest BCUT2D eigenvalue weighted by atomic mass is 16.6. The Kier molecular flexibility index (Phi) is 52.4. The van der Waals surface area contributed by atoms with Gasteiger partial charge in [0.15, 0.2) is 6.10 Å². The molecule has 1 atom stereocenters. The third-order valence-electron chi connectivity index (χ3n) is 11.8. The minimum Gasteiger partial charge on any atom is -0.462 e. The van der Waals surface area contributed by atoms with Crippen LogP contribution >= 0.6 is 0 Å². The molecule has 0 aliphatic heterocycles. The number of allylic oxidation sites excluding steroid dienone is 14. The predicted octanol–water partition coefficient (Wildman–Crippen LogP) is 18.8. The summed E-state index contributed by atoms with van der Waals surface area (Å²) in [5, 5.41) is 0. The largest absolute Gasteiger partial charge is 0.462 e. The highest BCUT2D eigenvalue weighted by molar-refractivity contribution is 5.71. The molecule has 0 aromatic rings. The number of esters is 3. The van der Waals surface area contributed by atoms with Crippen molar-refractivity contribution in [1.29, 1.82) is 0 Å². The SMILES string of the molecule is CCCCC/C=C\C/C=C\C/C=C\CCCCC(=O)O[C@H](COC(=O)CCCCCCC/C=C\C/C=C\CCCCC)COC(=O)CCCCCCCCCCC/C=C\C/C=C\CCCCC. The van der Waals surface area contributed by atoms with Crippen LogP contribution in [0.15, 0.2) is 85.1 Å². The second-order valence-electron chi connectivity index (χ2n) is 18.5. The molecule has 0 aliphatic rings. The predicted molar refractivity (Wildman–Crippen MR) is 288 cm³/mol. The molecule has 0 bridgehead atoms. The number of ether oxygens (including phenoxy) is 3. The van der Waals surface area contributed by atoms with Gasteiger partial charge in [0.05, 0.1) is 0 Å². The van der Waals surface area contributed by atoms with Gasteiger partial charge >= 0.3 is 17.9 Å². The van der Waals surface area contributed by atoms with E-state index in [0.29, 0.717) is 19.3 Å². The minimum absolute atomic E-state index is 0.0988. The highest BCUT2D eigenvalue weighted by Gasteiger charge is 2.19. The second kappa shape index (κ2) is 55.2. The molecule has 0 heterocycles. The Labute approximate surface area is 414 Å². The monoisotopic (exact) mass is 933 g/mol. The second-order valence-corrected chi connectivity index (χ2v) is 18.5. The van der Waals surface area contributed by atoms with Gasteiger partial charge < -0.3 is 14.2 Å². The molecule has 0 aromatic carbocycles. The Bertz CT molecular complexity index is 1300. The van der Waals surface area contributed by atoms with Crippen molar-refractivity contribution in [3.8, 4) is 0 Å². The van der Waals surface area contributed by atoms with Crippen molar-refractivity contribution in [2.24, 2.45) is 0 Å². The molecular weight excluding hydrogens is 829 g/mol. The average molecular weight is 933 g/mol. The molecule has 6 nitrogen and oxygen atoms in total. The Morgan fingerprint density at radius 2 is 0.537 bits per heavy atom. The van der Waals surface area contributed by atoms with E-state index < -0.39 is 6.10 Å². The van der Waals surface area contributed by atoms with Crippen molar-refractivity contribution in [1.82, 2.24) is 0 Å².